The highest BCUT2D eigenvalue weighted by atomic mass is 16.6. The Morgan fingerprint density at radius 3 is 2.14 bits per heavy atom. The van der Waals surface area contributed by atoms with Crippen LogP contribution in [0, 0.1) is 16.0 Å². The van der Waals surface area contributed by atoms with Crippen LogP contribution in [0.25, 0.3) is 0 Å². The van der Waals surface area contributed by atoms with E-state index in [4.69, 9.17) is 5.11 Å². The van der Waals surface area contributed by atoms with Gasteiger partial charge in [-0.05, 0) is 51.2 Å². The van der Waals surface area contributed by atoms with Crippen molar-refractivity contribution < 1.29 is 38.8 Å². The first-order chi connectivity index (χ1) is 19.7. The molecular weight excluding hydrogens is 552 g/mol. The average molecular weight is 591 g/mol. The fraction of sp³-hybridized carbons (Fsp3) is 0.556. The molecule has 4 atom stereocenters. The summed E-state index contributed by atoms with van der Waals surface area (Å²) in [6.07, 6.45) is 0.474. The number of non-ortho nitro benzene ring substituents is 1. The predicted molar refractivity (Wildman–Crippen MR) is 150 cm³/mol. The lowest BCUT2D eigenvalue weighted by atomic mass is 10.0. The van der Waals surface area contributed by atoms with Gasteiger partial charge in [-0.1, -0.05) is 13.8 Å². The van der Waals surface area contributed by atoms with Crippen molar-refractivity contribution in [2.45, 2.75) is 84.0 Å². The Kier molecular flexibility index (Phi) is 12.4. The molecule has 15 heteroatoms. The summed E-state index contributed by atoms with van der Waals surface area (Å²) < 4.78 is 0. The maximum atomic E-state index is 13.5. The topological polar surface area (TPSA) is 217 Å². The number of nitro groups is 1. The summed E-state index contributed by atoms with van der Waals surface area (Å²) in [5, 5.41) is 29.8. The van der Waals surface area contributed by atoms with Crippen LogP contribution in [-0.2, 0) is 28.8 Å². The van der Waals surface area contributed by atoms with Crippen LogP contribution in [0.1, 0.15) is 59.8 Å². The van der Waals surface area contributed by atoms with Gasteiger partial charge in [0.1, 0.15) is 24.2 Å². The second-order valence-electron chi connectivity index (χ2n) is 10.6. The molecule has 5 amide bonds. The molecule has 1 aromatic rings. The van der Waals surface area contributed by atoms with Crippen LogP contribution in [0.3, 0.4) is 0 Å². The Morgan fingerprint density at radius 1 is 0.952 bits per heavy atom. The summed E-state index contributed by atoms with van der Waals surface area (Å²) in [5.41, 5.74) is 0.172. The van der Waals surface area contributed by atoms with Crippen LogP contribution in [0.2, 0.25) is 0 Å². The molecule has 0 bridgehead atoms. The van der Waals surface area contributed by atoms with Crippen LogP contribution in [-0.4, -0.2) is 81.1 Å². The first-order valence-electron chi connectivity index (χ1n) is 13.7. The molecule has 1 fully saturated rings. The molecule has 5 N–H and O–H groups in total. The number of anilines is 1. The molecule has 0 spiro atoms. The van der Waals surface area contributed by atoms with E-state index in [2.05, 4.69) is 21.3 Å². The number of nitrogens with zero attached hydrogens (tertiary/aromatic N) is 2. The van der Waals surface area contributed by atoms with Crippen LogP contribution >= 0.6 is 0 Å². The normalized spacial score (nSPS) is 16.6. The Morgan fingerprint density at radius 2 is 1.57 bits per heavy atom. The summed E-state index contributed by atoms with van der Waals surface area (Å²) in [6.45, 7) is 6.88. The average Bonchev–Trinajstić information content (AvgIpc) is 3.41. The molecule has 0 aromatic heterocycles. The van der Waals surface area contributed by atoms with E-state index in [1.54, 1.807) is 0 Å². The van der Waals surface area contributed by atoms with Gasteiger partial charge in [0.15, 0.2) is 0 Å². The Balaban J connectivity index is 2.02. The number of hydrogen-bond acceptors (Lipinski definition) is 8. The van der Waals surface area contributed by atoms with E-state index in [1.165, 1.54) is 43.0 Å². The molecule has 0 aliphatic carbocycles. The SMILES string of the molecule is CC(C)C[C@H](NC(=O)[C@H](C)NC(=O)CCC(=O)O)C(=O)N1CCC[C@H]1C(=O)N[C@@H](C)C(=O)Nc1ccc([N+](=O)[O-])cc1. The van der Waals surface area contributed by atoms with Crippen LogP contribution in [0.5, 0.6) is 0 Å². The first-order valence-corrected chi connectivity index (χ1v) is 13.7. The number of carbonyl (C=O) groups is 6. The Hall–Kier alpha value is -4.56. The zero-order valence-corrected chi connectivity index (χ0v) is 24.0. The van der Waals surface area contributed by atoms with Gasteiger partial charge < -0.3 is 31.3 Å². The van der Waals surface area contributed by atoms with Gasteiger partial charge in [0.25, 0.3) is 5.69 Å². The molecule has 1 aliphatic rings. The number of aliphatic carboxylic acids is 1. The largest absolute Gasteiger partial charge is 0.481 e. The van der Waals surface area contributed by atoms with E-state index in [1.807, 2.05) is 13.8 Å². The molecule has 2 rings (SSSR count). The van der Waals surface area contributed by atoms with Gasteiger partial charge in [0.2, 0.25) is 29.5 Å². The van der Waals surface area contributed by atoms with Crippen LogP contribution in [0.15, 0.2) is 24.3 Å². The second-order valence-corrected chi connectivity index (χ2v) is 10.6. The minimum absolute atomic E-state index is 0.00210. The lowest BCUT2D eigenvalue weighted by Gasteiger charge is -2.30. The van der Waals surface area contributed by atoms with Gasteiger partial charge >= 0.3 is 5.97 Å². The smallest absolute Gasteiger partial charge is 0.303 e. The minimum Gasteiger partial charge on any atom is -0.481 e. The summed E-state index contributed by atoms with van der Waals surface area (Å²) in [7, 11) is 0. The van der Waals surface area contributed by atoms with E-state index >= 15 is 0 Å². The second kappa shape index (κ2) is 15.4. The third kappa shape index (κ3) is 10.1. The van der Waals surface area contributed by atoms with Crippen molar-refractivity contribution in [3.05, 3.63) is 34.4 Å². The zero-order valence-electron chi connectivity index (χ0n) is 24.0. The van der Waals surface area contributed by atoms with E-state index in [0.29, 0.717) is 18.5 Å². The number of amides is 5. The molecule has 1 aliphatic heterocycles. The van der Waals surface area contributed by atoms with Crippen molar-refractivity contribution in [2.24, 2.45) is 5.92 Å². The number of nitro benzene ring substituents is 1. The third-order valence-electron chi connectivity index (χ3n) is 6.59. The number of carbonyl (C=O) groups excluding carboxylic acids is 5. The monoisotopic (exact) mass is 590 g/mol. The Bertz CT molecular complexity index is 1190. The lowest BCUT2D eigenvalue weighted by Crippen LogP contribution is -2.57. The number of benzene rings is 1. The van der Waals surface area contributed by atoms with Crippen molar-refractivity contribution in [3.63, 3.8) is 0 Å². The molecule has 0 saturated carbocycles. The van der Waals surface area contributed by atoms with Gasteiger partial charge in [-0.2, -0.15) is 0 Å². The quantitative estimate of drug-likeness (QED) is 0.154. The molecule has 15 nitrogen and oxygen atoms in total. The van der Waals surface area contributed by atoms with Gasteiger partial charge in [-0.25, -0.2) is 0 Å². The lowest BCUT2D eigenvalue weighted by molar-refractivity contribution is -0.384. The van der Waals surface area contributed by atoms with Gasteiger partial charge in [-0.3, -0.25) is 38.9 Å². The van der Waals surface area contributed by atoms with E-state index in [-0.39, 0.29) is 37.4 Å². The summed E-state index contributed by atoms with van der Waals surface area (Å²) in [6, 6.07) is 1.35. The van der Waals surface area contributed by atoms with Crippen LogP contribution in [0.4, 0.5) is 11.4 Å². The van der Waals surface area contributed by atoms with E-state index in [0.717, 1.165) is 0 Å². The van der Waals surface area contributed by atoms with Crippen molar-refractivity contribution in [2.75, 3.05) is 11.9 Å². The Labute approximate surface area is 242 Å². The molecule has 1 saturated heterocycles. The number of hydrogen-bond donors (Lipinski definition) is 5. The first kappa shape index (κ1) is 33.6. The molecule has 1 aromatic carbocycles. The molecule has 42 heavy (non-hydrogen) atoms. The number of likely N-dealkylation sites (tertiary alicyclic amines) is 1. The number of rotatable bonds is 14. The standard InChI is InChI=1S/C27H38N6O9/c1-15(2)14-20(31-25(38)16(3)28-22(34)11-12-23(35)36)27(40)32-13-5-6-21(32)26(39)29-17(4)24(37)30-18-7-9-19(10-8-18)33(41)42/h7-10,15-17,20-21H,5-6,11-14H2,1-4H3,(H,28,34)(H,29,39)(H,30,37)(H,31,38)(H,35,36)/t16-,17-,20-,21-/m0/s1. The van der Waals surface area contributed by atoms with Gasteiger partial charge in [0, 0.05) is 30.8 Å². The number of carboxylic acids is 1. The maximum Gasteiger partial charge on any atom is 0.303 e. The fourth-order valence-electron chi connectivity index (χ4n) is 4.38. The number of nitrogens with one attached hydrogen (secondary N) is 4. The van der Waals surface area contributed by atoms with Crippen molar-refractivity contribution >= 4 is 46.9 Å². The minimum atomic E-state index is -1.14. The number of carboxylic acid groups (broad SMARTS) is 1. The summed E-state index contributed by atoms with van der Waals surface area (Å²) in [5.74, 6) is -3.96. The molecule has 230 valence electrons. The highest BCUT2D eigenvalue weighted by Crippen LogP contribution is 2.21. The predicted octanol–water partition coefficient (Wildman–Crippen LogP) is 0.929. The maximum absolute atomic E-state index is 13.5. The summed E-state index contributed by atoms with van der Waals surface area (Å²) in [4.78, 5) is 86.3. The fourth-order valence-corrected chi connectivity index (χ4v) is 4.38. The highest BCUT2D eigenvalue weighted by molar-refractivity contribution is 5.99. The molecule has 1 heterocycles. The van der Waals surface area contributed by atoms with Gasteiger partial charge in [0.05, 0.1) is 11.3 Å². The van der Waals surface area contributed by atoms with E-state index < -0.39 is 64.6 Å². The molecule has 0 unspecified atom stereocenters. The van der Waals surface area contributed by atoms with Crippen molar-refractivity contribution in [3.8, 4) is 0 Å². The highest BCUT2D eigenvalue weighted by Gasteiger charge is 2.39. The van der Waals surface area contributed by atoms with Crippen molar-refractivity contribution in [1.29, 1.82) is 0 Å². The van der Waals surface area contributed by atoms with Gasteiger partial charge in [-0.15, -0.1) is 0 Å². The zero-order chi connectivity index (χ0) is 31.6. The third-order valence-corrected chi connectivity index (χ3v) is 6.59. The van der Waals surface area contributed by atoms with Crippen LogP contribution < -0.4 is 21.3 Å². The summed E-state index contributed by atoms with van der Waals surface area (Å²) >= 11 is 0. The molecular formula is C27H38N6O9. The van der Waals surface area contributed by atoms with E-state index in [9.17, 15) is 38.9 Å². The molecule has 0 radical (unpaired) electrons. The van der Waals surface area contributed by atoms with Crippen molar-refractivity contribution in [1.82, 2.24) is 20.9 Å².